The molecule has 0 bridgehead atoms. The van der Waals surface area contributed by atoms with Crippen molar-refractivity contribution < 1.29 is 61.9 Å². The van der Waals surface area contributed by atoms with Gasteiger partial charge >= 0.3 is 0 Å². The fraction of sp³-hybridized carbons (Fsp3) is 0.320. The first-order valence-electron chi connectivity index (χ1n) is 18.8. The number of ketones is 2. The zero-order valence-corrected chi connectivity index (χ0v) is 40.3. The van der Waals surface area contributed by atoms with E-state index in [9.17, 15) is 19.8 Å². The van der Waals surface area contributed by atoms with Crippen molar-refractivity contribution in [3.05, 3.63) is 145 Å². The Labute approximate surface area is 375 Å². The summed E-state index contributed by atoms with van der Waals surface area (Å²) in [5, 5.41) is 19.1. The van der Waals surface area contributed by atoms with Crippen molar-refractivity contribution in [2.24, 2.45) is 21.7 Å². The van der Waals surface area contributed by atoms with Crippen molar-refractivity contribution in [2.45, 2.75) is 83.1 Å². The second-order valence-corrected chi connectivity index (χ2v) is 17.8. The number of carbonyl (C=O) groups excluding carboxylic acids is 2. The number of hydrogen-bond acceptors (Lipinski definition) is 6. The minimum atomic E-state index is -0.417. The summed E-state index contributed by atoms with van der Waals surface area (Å²) in [5.41, 5.74) is 6.67. The molecule has 2 heterocycles. The summed E-state index contributed by atoms with van der Waals surface area (Å²) in [6.45, 7) is 22.2. The van der Waals surface area contributed by atoms with Crippen LogP contribution in [0.1, 0.15) is 83.1 Å². The van der Waals surface area contributed by atoms with Gasteiger partial charge in [0, 0.05) is 88.3 Å². The quantitative estimate of drug-likeness (QED) is 0.0998. The van der Waals surface area contributed by atoms with Crippen LogP contribution >= 0.6 is 0 Å². The van der Waals surface area contributed by atoms with Gasteiger partial charge < -0.3 is 20.2 Å². The molecule has 0 saturated carbocycles. The summed E-state index contributed by atoms with van der Waals surface area (Å²) in [6, 6.07) is 39.4. The number of hydrogen-bond donors (Lipinski definition) is 2. The number of pyridine rings is 2. The predicted molar refractivity (Wildman–Crippen MR) is 231 cm³/mol. The second kappa shape index (κ2) is 22.2. The molecule has 0 unspecified atom stereocenters. The van der Waals surface area contributed by atoms with E-state index in [1.165, 1.54) is 23.3 Å². The third kappa shape index (κ3) is 16.6. The Balaban J connectivity index is 0.000000507. The Morgan fingerprint density at radius 2 is 0.793 bits per heavy atom. The molecule has 0 aliphatic heterocycles. The Bertz CT molecular complexity index is 1960. The molecule has 0 amide bonds. The van der Waals surface area contributed by atoms with Gasteiger partial charge in [0.1, 0.15) is 11.5 Å². The largest absolute Gasteiger partial charge is 0.512 e. The van der Waals surface area contributed by atoms with E-state index in [4.69, 9.17) is 0 Å². The average Bonchev–Trinajstić information content (AvgIpc) is 3.15. The van der Waals surface area contributed by atoms with E-state index in [2.05, 4.69) is 58.5 Å². The van der Waals surface area contributed by atoms with E-state index in [-0.39, 0.29) is 76.0 Å². The Morgan fingerprint density at radius 3 is 1.05 bits per heavy atom. The third-order valence-electron chi connectivity index (χ3n) is 8.58. The molecule has 0 saturated heterocycles. The predicted octanol–water partition coefficient (Wildman–Crippen LogP) is 12.9. The van der Waals surface area contributed by atoms with Gasteiger partial charge in [-0.1, -0.05) is 167 Å². The normalized spacial score (nSPS) is 12.0. The summed E-state index contributed by atoms with van der Waals surface area (Å²) in [5.74, 6) is 0.208. The van der Waals surface area contributed by atoms with Crippen LogP contribution in [-0.2, 0) is 51.7 Å². The standard InChI is InChI=1S/C28H18N2.2C11H20O2.2Pt/c1-3-7-21(8-4-1)25-15-17-29-27(19-25)23-11-13-24(14-12-23)28-20-26(16-18-30-28)22-9-5-2-6-10-22;2*1-10(2,3)8(12)7-9(13)11(4,5)6;;/h1-11,14-20H;2*7,12H,1-6H3;;/q-2;;;;/b;2*8-7-;;. The minimum absolute atomic E-state index is 0. The van der Waals surface area contributed by atoms with Crippen molar-refractivity contribution in [3.63, 3.8) is 0 Å². The first kappa shape index (κ1) is 51.8. The molecule has 0 aliphatic carbocycles. The third-order valence-corrected chi connectivity index (χ3v) is 8.58. The zero-order valence-electron chi connectivity index (χ0n) is 35.8. The Kier molecular flexibility index (Phi) is 19.8. The van der Waals surface area contributed by atoms with Gasteiger partial charge in [-0.15, -0.1) is 0 Å². The number of rotatable bonds is 6. The molecule has 8 heteroatoms. The van der Waals surface area contributed by atoms with Crippen LogP contribution in [-0.4, -0.2) is 31.7 Å². The van der Waals surface area contributed by atoms with E-state index in [1.807, 2.05) is 156 Å². The van der Waals surface area contributed by atoms with Crippen LogP contribution in [0.5, 0.6) is 0 Å². The summed E-state index contributed by atoms with van der Waals surface area (Å²) >= 11 is 0. The van der Waals surface area contributed by atoms with Gasteiger partial charge in [0.05, 0.1) is 0 Å². The number of allylic oxidation sites excluding steroid dienone is 4. The first-order chi connectivity index (χ1) is 26.0. The van der Waals surface area contributed by atoms with E-state index in [0.29, 0.717) is 0 Å². The van der Waals surface area contributed by atoms with Gasteiger partial charge in [0.2, 0.25) is 0 Å². The molecule has 2 N–H and O–H groups in total. The van der Waals surface area contributed by atoms with E-state index in [0.717, 1.165) is 33.6 Å². The number of aromatic nitrogens is 2. The molecule has 6 nitrogen and oxygen atoms in total. The fourth-order valence-electron chi connectivity index (χ4n) is 4.57. The maximum Gasteiger partial charge on any atom is 0.164 e. The molecule has 5 rings (SSSR count). The summed E-state index contributed by atoms with van der Waals surface area (Å²) in [7, 11) is 0. The molecular weight excluding hydrogens is 1080 g/mol. The van der Waals surface area contributed by atoms with E-state index < -0.39 is 10.8 Å². The van der Waals surface area contributed by atoms with Crippen LogP contribution in [0.2, 0.25) is 0 Å². The van der Waals surface area contributed by atoms with Gasteiger partial charge in [-0.05, 0) is 34.4 Å². The van der Waals surface area contributed by atoms with Crippen LogP contribution in [0, 0.1) is 33.8 Å². The van der Waals surface area contributed by atoms with Crippen molar-refractivity contribution in [1.29, 1.82) is 0 Å². The molecule has 58 heavy (non-hydrogen) atoms. The Morgan fingerprint density at radius 1 is 0.483 bits per heavy atom. The summed E-state index contributed by atoms with van der Waals surface area (Å²) in [4.78, 5) is 32.0. The fourth-order valence-corrected chi connectivity index (χ4v) is 4.57. The van der Waals surface area contributed by atoms with Gasteiger partial charge in [-0.25, -0.2) is 35.4 Å². The molecule has 0 radical (unpaired) electrons. The van der Waals surface area contributed by atoms with Gasteiger partial charge in [0.15, 0.2) is 11.6 Å². The molecule has 2 aromatic heterocycles. The smallest absolute Gasteiger partial charge is 0.164 e. The van der Waals surface area contributed by atoms with Crippen molar-refractivity contribution >= 4 is 11.6 Å². The van der Waals surface area contributed by atoms with Crippen LogP contribution in [0.25, 0.3) is 44.8 Å². The Hall–Kier alpha value is -4.24. The molecule has 0 aliphatic rings. The molecule has 3 aromatic carbocycles. The van der Waals surface area contributed by atoms with Gasteiger partial charge in [-0.2, -0.15) is 0 Å². The number of nitrogens with zero attached hydrogens (tertiary/aromatic N) is 2. The van der Waals surface area contributed by atoms with Gasteiger partial charge in [0.25, 0.3) is 0 Å². The molecule has 314 valence electrons. The molecule has 0 atom stereocenters. The molecule has 0 spiro atoms. The molecular formula is C50H58N2O4Pt2-2. The van der Waals surface area contributed by atoms with Crippen LogP contribution in [0.15, 0.2) is 133 Å². The SMILES string of the molecule is CC(C)(C)C(=O)/C=C(\O)C(C)(C)C.CC(C)(C)C(=O)/C=C(\O)C(C)(C)C.[Pt].[Pt].[c-]1cc(-c2cc(-c3ccccc3)ccn2)[c-]cc1-c1cc(-c2ccccc2)ccn1. The molecule has 0 fully saturated rings. The molecule has 5 aromatic rings. The van der Waals surface area contributed by atoms with Crippen molar-refractivity contribution in [2.75, 3.05) is 0 Å². The maximum absolute atomic E-state index is 11.5. The van der Waals surface area contributed by atoms with Crippen LogP contribution < -0.4 is 0 Å². The number of aliphatic hydroxyl groups is 2. The van der Waals surface area contributed by atoms with Crippen molar-refractivity contribution in [1.82, 2.24) is 9.97 Å². The van der Waals surface area contributed by atoms with Crippen molar-refractivity contribution in [3.8, 4) is 44.8 Å². The van der Waals surface area contributed by atoms with E-state index in [1.54, 1.807) is 0 Å². The maximum atomic E-state index is 11.5. The number of aliphatic hydroxyl groups excluding tert-OH is 2. The monoisotopic (exact) mass is 1140 g/mol. The summed E-state index contributed by atoms with van der Waals surface area (Å²) in [6.07, 6.45) is 6.34. The first-order valence-corrected chi connectivity index (χ1v) is 18.8. The van der Waals surface area contributed by atoms with Crippen LogP contribution in [0.3, 0.4) is 0 Å². The topological polar surface area (TPSA) is 100 Å². The number of carbonyl (C=O) groups is 2. The average molecular weight is 1140 g/mol. The zero-order chi connectivity index (χ0) is 41.9. The minimum Gasteiger partial charge on any atom is -0.512 e. The second-order valence-electron chi connectivity index (χ2n) is 17.8. The van der Waals surface area contributed by atoms with Gasteiger partial charge in [-0.3, -0.25) is 9.59 Å². The summed E-state index contributed by atoms with van der Waals surface area (Å²) < 4.78 is 0. The van der Waals surface area contributed by atoms with E-state index >= 15 is 0 Å². The van der Waals surface area contributed by atoms with Crippen LogP contribution in [0.4, 0.5) is 0 Å². The number of benzene rings is 3.